The molecular weight excluding hydrogens is 532 g/mol. The topological polar surface area (TPSA) is 136 Å². The van der Waals surface area contributed by atoms with E-state index >= 15 is 0 Å². The molecule has 2 aromatic carbocycles. The van der Waals surface area contributed by atoms with E-state index in [0.717, 1.165) is 57.5 Å². The fraction of sp³-hybridized carbons (Fsp3) is 0.452. The lowest BCUT2D eigenvalue weighted by Crippen LogP contribution is -2.34. The van der Waals surface area contributed by atoms with E-state index in [9.17, 15) is 14.7 Å². The molecule has 42 heavy (non-hydrogen) atoms. The molecule has 0 bridgehead atoms. The van der Waals surface area contributed by atoms with Crippen molar-refractivity contribution in [2.24, 2.45) is 5.92 Å². The van der Waals surface area contributed by atoms with Gasteiger partial charge in [-0.05, 0) is 80.8 Å². The van der Waals surface area contributed by atoms with Crippen molar-refractivity contribution in [3.8, 4) is 5.75 Å². The van der Waals surface area contributed by atoms with Gasteiger partial charge in [-0.1, -0.05) is 13.8 Å². The molecule has 2 aliphatic heterocycles. The first-order valence-corrected chi connectivity index (χ1v) is 14.9. The van der Waals surface area contributed by atoms with Gasteiger partial charge in [-0.15, -0.1) is 0 Å². The molecule has 0 atom stereocenters. The Bertz CT molecular complexity index is 1350. The minimum Gasteiger partial charge on any atom is -0.506 e. The van der Waals surface area contributed by atoms with Crippen molar-refractivity contribution in [2.75, 3.05) is 51.9 Å². The summed E-state index contributed by atoms with van der Waals surface area (Å²) in [6.45, 7) is 7.69. The molecule has 0 unspecified atom stereocenters. The summed E-state index contributed by atoms with van der Waals surface area (Å²) in [5, 5.41) is 19.2. The van der Waals surface area contributed by atoms with E-state index in [1.165, 1.54) is 18.9 Å². The molecule has 2 amide bonds. The van der Waals surface area contributed by atoms with Crippen molar-refractivity contribution in [3.05, 3.63) is 48.0 Å². The molecule has 0 aliphatic carbocycles. The lowest BCUT2D eigenvalue weighted by molar-refractivity contribution is -0.116. The number of nitrogens with zero attached hydrogens (tertiary/aromatic N) is 5. The number of aromatic hydroxyl groups is 1. The smallest absolute Gasteiger partial charge is 0.255 e. The van der Waals surface area contributed by atoms with Crippen molar-refractivity contribution in [2.45, 2.75) is 58.8 Å². The zero-order chi connectivity index (χ0) is 29.5. The minimum atomic E-state index is -0.367. The number of phenolic OH excluding ortho intramolecular Hbond substituents is 1. The van der Waals surface area contributed by atoms with Gasteiger partial charge in [-0.3, -0.25) is 9.59 Å². The lowest BCUT2D eigenvalue weighted by Gasteiger charge is -2.30. The predicted molar refractivity (Wildman–Crippen MR) is 166 cm³/mol. The highest BCUT2D eigenvalue weighted by molar-refractivity contribution is 6.05. The van der Waals surface area contributed by atoms with E-state index in [2.05, 4.69) is 25.8 Å². The average Bonchev–Trinajstić information content (AvgIpc) is 2.99. The normalized spacial score (nSPS) is 15.4. The number of piperidine rings is 2. The van der Waals surface area contributed by atoms with Crippen LogP contribution in [0.2, 0.25) is 0 Å². The largest absolute Gasteiger partial charge is 0.506 e. The van der Waals surface area contributed by atoms with Gasteiger partial charge in [0.05, 0.1) is 5.69 Å². The summed E-state index contributed by atoms with van der Waals surface area (Å²) < 4.78 is 0. The zero-order valence-corrected chi connectivity index (χ0v) is 24.4. The van der Waals surface area contributed by atoms with Crippen LogP contribution in [-0.2, 0) is 4.79 Å². The summed E-state index contributed by atoms with van der Waals surface area (Å²) >= 11 is 0. The van der Waals surface area contributed by atoms with Gasteiger partial charge in [0.15, 0.2) is 0 Å². The van der Waals surface area contributed by atoms with E-state index in [0.29, 0.717) is 35.5 Å². The number of carbonyl (C=O) groups excluding carboxylic acids is 2. The molecular formula is C31H40N8O3. The number of carbonyl (C=O) groups is 2. The van der Waals surface area contributed by atoms with E-state index in [1.807, 2.05) is 13.8 Å². The van der Waals surface area contributed by atoms with E-state index < -0.39 is 0 Å². The Morgan fingerprint density at radius 3 is 1.90 bits per heavy atom. The second kappa shape index (κ2) is 13.5. The van der Waals surface area contributed by atoms with Gasteiger partial charge in [0, 0.05) is 55.6 Å². The molecule has 2 fully saturated rings. The third-order valence-corrected chi connectivity index (χ3v) is 7.42. The molecule has 2 aliphatic rings. The monoisotopic (exact) mass is 572 g/mol. The SMILES string of the molecule is CC(C)CC(=O)Nc1ccc(NC(=O)c2ccc(Nc3nc(N4CCCCC4)nc(N4CCCCC4)n3)cc2)c(O)c1. The number of hydrogen-bond acceptors (Lipinski definition) is 9. The first-order chi connectivity index (χ1) is 20.3. The third kappa shape index (κ3) is 7.65. The van der Waals surface area contributed by atoms with Crippen LogP contribution in [-0.4, -0.2) is 58.1 Å². The van der Waals surface area contributed by atoms with Crippen LogP contribution in [0.1, 0.15) is 69.2 Å². The van der Waals surface area contributed by atoms with Crippen LogP contribution in [0, 0.1) is 5.92 Å². The number of aromatic nitrogens is 3. The molecule has 2 saturated heterocycles. The quantitative estimate of drug-likeness (QED) is 0.244. The molecule has 3 heterocycles. The highest BCUT2D eigenvalue weighted by Crippen LogP contribution is 2.28. The Hall–Kier alpha value is -4.41. The number of hydrogen-bond donors (Lipinski definition) is 4. The Morgan fingerprint density at radius 1 is 0.786 bits per heavy atom. The molecule has 11 nitrogen and oxygen atoms in total. The zero-order valence-electron chi connectivity index (χ0n) is 24.4. The molecule has 0 spiro atoms. The summed E-state index contributed by atoms with van der Waals surface area (Å²) in [5.74, 6) is 1.49. The first-order valence-electron chi connectivity index (χ1n) is 14.9. The van der Waals surface area contributed by atoms with Crippen LogP contribution in [0.3, 0.4) is 0 Å². The van der Waals surface area contributed by atoms with Gasteiger partial charge >= 0.3 is 0 Å². The Labute approximate surface area is 246 Å². The molecule has 11 heteroatoms. The highest BCUT2D eigenvalue weighted by atomic mass is 16.3. The highest BCUT2D eigenvalue weighted by Gasteiger charge is 2.20. The van der Waals surface area contributed by atoms with Crippen molar-refractivity contribution < 1.29 is 14.7 Å². The fourth-order valence-electron chi connectivity index (χ4n) is 5.21. The number of phenols is 1. The van der Waals surface area contributed by atoms with Crippen molar-refractivity contribution in [1.29, 1.82) is 0 Å². The lowest BCUT2D eigenvalue weighted by atomic mass is 10.1. The summed E-state index contributed by atoms with van der Waals surface area (Å²) in [4.78, 5) is 43.7. The van der Waals surface area contributed by atoms with Gasteiger partial charge in [0.2, 0.25) is 23.8 Å². The van der Waals surface area contributed by atoms with Crippen LogP contribution in [0.15, 0.2) is 42.5 Å². The van der Waals surface area contributed by atoms with E-state index in [-0.39, 0.29) is 29.2 Å². The summed E-state index contributed by atoms with van der Waals surface area (Å²) in [5.41, 5.74) is 1.89. The number of nitrogens with one attached hydrogen (secondary N) is 3. The molecule has 1 aromatic heterocycles. The van der Waals surface area contributed by atoms with Crippen LogP contribution >= 0.6 is 0 Å². The van der Waals surface area contributed by atoms with Crippen molar-refractivity contribution in [3.63, 3.8) is 0 Å². The molecule has 5 rings (SSSR count). The van der Waals surface area contributed by atoms with Gasteiger partial charge < -0.3 is 30.9 Å². The van der Waals surface area contributed by atoms with Gasteiger partial charge in [0.25, 0.3) is 5.91 Å². The first kappa shape index (κ1) is 29.1. The van der Waals surface area contributed by atoms with Gasteiger partial charge in [-0.2, -0.15) is 15.0 Å². The standard InChI is InChI=1S/C31H40N8O3/c1-21(2)19-27(41)32-24-13-14-25(26(40)20-24)34-28(42)22-9-11-23(12-10-22)33-29-35-30(38-15-5-3-6-16-38)37-31(36-29)39-17-7-4-8-18-39/h9-14,20-21,40H,3-8,15-19H2,1-2H3,(H,32,41)(H,34,42)(H,33,35,36,37). The van der Waals surface area contributed by atoms with Crippen LogP contribution < -0.4 is 25.8 Å². The second-order valence-corrected chi connectivity index (χ2v) is 11.4. The molecule has 222 valence electrons. The second-order valence-electron chi connectivity index (χ2n) is 11.4. The number of rotatable bonds is 9. The number of benzene rings is 2. The minimum absolute atomic E-state index is 0.127. The van der Waals surface area contributed by atoms with Crippen LogP contribution in [0.4, 0.5) is 34.9 Å². The fourth-order valence-corrected chi connectivity index (χ4v) is 5.21. The maximum absolute atomic E-state index is 12.9. The Balaban J connectivity index is 1.25. The maximum atomic E-state index is 12.9. The van der Waals surface area contributed by atoms with Crippen LogP contribution in [0.5, 0.6) is 5.75 Å². The molecule has 3 aromatic rings. The van der Waals surface area contributed by atoms with E-state index in [4.69, 9.17) is 15.0 Å². The van der Waals surface area contributed by atoms with Gasteiger partial charge in [0.1, 0.15) is 5.75 Å². The number of anilines is 6. The summed E-state index contributed by atoms with van der Waals surface area (Å²) in [7, 11) is 0. The average molecular weight is 573 g/mol. The van der Waals surface area contributed by atoms with Crippen LogP contribution in [0.25, 0.3) is 0 Å². The van der Waals surface area contributed by atoms with Crippen molar-refractivity contribution in [1.82, 2.24) is 15.0 Å². The molecule has 0 saturated carbocycles. The van der Waals surface area contributed by atoms with Crippen molar-refractivity contribution >= 4 is 46.7 Å². The maximum Gasteiger partial charge on any atom is 0.255 e. The summed E-state index contributed by atoms with van der Waals surface area (Å²) in [6.07, 6.45) is 7.38. The molecule has 4 N–H and O–H groups in total. The Kier molecular flexibility index (Phi) is 9.35. The number of amides is 2. The van der Waals surface area contributed by atoms with E-state index in [1.54, 1.807) is 36.4 Å². The van der Waals surface area contributed by atoms with Gasteiger partial charge in [-0.25, -0.2) is 0 Å². The predicted octanol–water partition coefficient (Wildman–Crippen LogP) is 5.54. The summed E-state index contributed by atoms with van der Waals surface area (Å²) in [6, 6.07) is 11.6. The Morgan fingerprint density at radius 2 is 1.36 bits per heavy atom. The third-order valence-electron chi connectivity index (χ3n) is 7.42. The molecule has 0 radical (unpaired) electrons.